The maximum atomic E-state index is 10.6. The van der Waals surface area contributed by atoms with Crippen molar-refractivity contribution in [2.24, 2.45) is 5.92 Å². The van der Waals surface area contributed by atoms with E-state index in [1.54, 1.807) is 7.11 Å². The largest absolute Gasteiger partial charge is 0.481 e. The summed E-state index contributed by atoms with van der Waals surface area (Å²) >= 11 is 0. The van der Waals surface area contributed by atoms with Crippen LogP contribution in [0.25, 0.3) is 0 Å². The van der Waals surface area contributed by atoms with Crippen molar-refractivity contribution in [3.8, 4) is 0 Å². The molecule has 4 nitrogen and oxygen atoms in total. The molecule has 104 valence electrons. The number of likely N-dealkylation sites (tertiary alicyclic amines) is 1. The average molecular weight is 263 g/mol. The summed E-state index contributed by atoms with van der Waals surface area (Å²) in [5.74, 6) is -0.133. The SMILES string of the molecule is COCC1CCN(Cc2ccc(CC(=O)O)cc2)C1. The summed E-state index contributed by atoms with van der Waals surface area (Å²) in [7, 11) is 1.75. The first kappa shape index (κ1) is 14.0. The van der Waals surface area contributed by atoms with Crippen molar-refractivity contribution in [3.05, 3.63) is 35.4 Å². The van der Waals surface area contributed by atoms with Gasteiger partial charge in [0.1, 0.15) is 0 Å². The van der Waals surface area contributed by atoms with Crippen LogP contribution in [0.4, 0.5) is 0 Å². The number of carbonyl (C=O) groups is 1. The molecule has 1 aromatic carbocycles. The molecule has 0 bridgehead atoms. The Labute approximate surface area is 114 Å². The number of carboxylic acid groups (broad SMARTS) is 1. The second kappa shape index (κ2) is 6.68. The summed E-state index contributed by atoms with van der Waals surface area (Å²) in [4.78, 5) is 13.0. The minimum atomic E-state index is -0.783. The van der Waals surface area contributed by atoms with Gasteiger partial charge in [0.2, 0.25) is 0 Å². The van der Waals surface area contributed by atoms with E-state index in [0.717, 1.165) is 31.8 Å². The van der Waals surface area contributed by atoms with E-state index in [1.165, 1.54) is 12.0 Å². The topological polar surface area (TPSA) is 49.8 Å². The van der Waals surface area contributed by atoms with Gasteiger partial charge in [0.15, 0.2) is 0 Å². The van der Waals surface area contributed by atoms with Crippen LogP contribution in [-0.4, -0.2) is 42.8 Å². The average Bonchev–Trinajstić information content (AvgIpc) is 2.79. The number of rotatable bonds is 6. The molecule has 1 saturated heterocycles. The number of nitrogens with zero attached hydrogens (tertiary/aromatic N) is 1. The Morgan fingerprint density at radius 2 is 2.05 bits per heavy atom. The molecule has 0 aromatic heterocycles. The molecule has 1 aromatic rings. The fraction of sp³-hybridized carbons (Fsp3) is 0.533. The van der Waals surface area contributed by atoms with Gasteiger partial charge >= 0.3 is 5.97 Å². The first-order valence-corrected chi connectivity index (χ1v) is 6.68. The van der Waals surface area contributed by atoms with Crippen LogP contribution in [0.2, 0.25) is 0 Å². The predicted molar refractivity (Wildman–Crippen MR) is 73.0 cm³/mol. The highest BCUT2D eigenvalue weighted by Crippen LogP contribution is 2.19. The second-order valence-electron chi connectivity index (χ2n) is 5.23. The highest BCUT2D eigenvalue weighted by Gasteiger charge is 2.21. The summed E-state index contributed by atoms with van der Waals surface area (Å²) in [6.07, 6.45) is 1.30. The van der Waals surface area contributed by atoms with Crippen LogP contribution in [-0.2, 0) is 22.5 Å². The minimum absolute atomic E-state index is 0.0971. The van der Waals surface area contributed by atoms with Gasteiger partial charge in [-0.1, -0.05) is 24.3 Å². The van der Waals surface area contributed by atoms with Gasteiger partial charge in [0.25, 0.3) is 0 Å². The molecule has 2 rings (SSSR count). The number of ether oxygens (including phenoxy) is 1. The fourth-order valence-electron chi connectivity index (χ4n) is 2.62. The van der Waals surface area contributed by atoms with E-state index < -0.39 is 5.97 Å². The summed E-state index contributed by atoms with van der Waals surface area (Å²) < 4.78 is 5.19. The number of methoxy groups -OCH3 is 1. The zero-order valence-corrected chi connectivity index (χ0v) is 11.3. The third kappa shape index (κ3) is 4.33. The number of benzene rings is 1. The molecular formula is C15H21NO3. The highest BCUT2D eigenvalue weighted by molar-refractivity contribution is 5.70. The quantitative estimate of drug-likeness (QED) is 0.850. The summed E-state index contributed by atoms with van der Waals surface area (Å²) in [6, 6.07) is 7.88. The first-order chi connectivity index (χ1) is 9.17. The fourth-order valence-corrected chi connectivity index (χ4v) is 2.62. The van der Waals surface area contributed by atoms with E-state index in [0.29, 0.717) is 5.92 Å². The Kier molecular flexibility index (Phi) is 4.93. The van der Waals surface area contributed by atoms with E-state index in [4.69, 9.17) is 9.84 Å². The number of aliphatic carboxylic acids is 1. The Balaban J connectivity index is 1.85. The van der Waals surface area contributed by atoms with Crippen LogP contribution in [0.3, 0.4) is 0 Å². The molecule has 1 atom stereocenters. The van der Waals surface area contributed by atoms with E-state index in [2.05, 4.69) is 4.90 Å². The Morgan fingerprint density at radius 1 is 1.37 bits per heavy atom. The summed E-state index contributed by atoms with van der Waals surface area (Å²) in [5.41, 5.74) is 2.10. The van der Waals surface area contributed by atoms with Crippen molar-refractivity contribution in [3.63, 3.8) is 0 Å². The summed E-state index contributed by atoms with van der Waals surface area (Å²) in [6.45, 7) is 3.98. The van der Waals surface area contributed by atoms with Gasteiger partial charge in [-0.25, -0.2) is 0 Å². The Hall–Kier alpha value is -1.39. The molecule has 0 saturated carbocycles. The summed E-state index contributed by atoms with van der Waals surface area (Å²) in [5, 5.41) is 8.73. The predicted octanol–water partition coefficient (Wildman–Crippen LogP) is 1.78. The normalized spacial score (nSPS) is 19.7. The van der Waals surface area contributed by atoms with E-state index in [9.17, 15) is 4.79 Å². The van der Waals surface area contributed by atoms with Crippen LogP contribution in [0.15, 0.2) is 24.3 Å². The maximum absolute atomic E-state index is 10.6. The molecule has 1 aliphatic rings. The minimum Gasteiger partial charge on any atom is -0.481 e. The van der Waals surface area contributed by atoms with Gasteiger partial charge in [-0.05, 0) is 30.0 Å². The molecule has 1 N–H and O–H groups in total. The van der Waals surface area contributed by atoms with Gasteiger partial charge in [0, 0.05) is 20.2 Å². The first-order valence-electron chi connectivity index (χ1n) is 6.68. The van der Waals surface area contributed by atoms with Crippen molar-refractivity contribution in [1.29, 1.82) is 0 Å². The van der Waals surface area contributed by atoms with Crippen molar-refractivity contribution in [2.45, 2.75) is 19.4 Å². The zero-order chi connectivity index (χ0) is 13.7. The lowest BCUT2D eigenvalue weighted by atomic mass is 10.1. The lowest BCUT2D eigenvalue weighted by molar-refractivity contribution is -0.136. The van der Waals surface area contributed by atoms with Crippen molar-refractivity contribution in [2.75, 3.05) is 26.8 Å². The smallest absolute Gasteiger partial charge is 0.307 e. The molecule has 19 heavy (non-hydrogen) atoms. The number of hydrogen-bond donors (Lipinski definition) is 1. The zero-order valence-electron chi connectivity index (χ0n) is 11.3. The van der Waals surface area contributed by atoms with Gasteiger partial charge in [-0.2, -0.15) is 0 Å². The van der Waals surface area contributed by atoms with Crippen LogP contribution in [0.1, 0.15) is 17.5 Å². The van der Waals surface area contributed by atoms with Crippen molar-refractivity contribution in [1.82, 2.24) is 4.90 Å². The molecular weight excluding hydrogens is 242 g/mol. The molecule has 0 aliphatic carbocycles. The Morgan fingerprint density at radius 3 is 2.68 bits per heavy atom. The second-order valence-corrected chi connectivity index (χ2v) is 5.23. The number of carboxylic acids is 1. The third-order valence-electron chi connectivity index (χ3n) is 3.56. The lowest BCUT2D eigenvalue weighted by Gasteiger charge is -2.16. The molecule has 0 spiro atoms. The lowest BCUT2D eigenvalue weighted by Crippen LogP contribution is -2.21. The van der Waals surface area contributed by atoms with E-state index in [1.807, 2.05) is 24.3 Å². The molecule has 0 radical (unpaired) electrons. The molecule has 1 unspecified atom stereocenters. The molecule has 1 heterocycles. The van der Waals surface area contributed by atoms with Crippen LogP contribution in [0, 0.1) is 5.92 Å². The highest BCUT2D eigenvalue weighted by atomic mass is 16.5. The van der Waals surface area contributed by atoms with Gasteiger partial charge in [-0.3, -0.25) is 9.69 Å². The van der Waals surface area contributed by atoms with Crippen LogP contribution in [0.5, 0.6) is 0 Å². The van der Waals surface area contributed by atoms with E-state index >= 15 is 0 Å². The third-order valence-corrected chi connectivity index (χ3v) is 3.56. The van der Waals surface area contributed by atoms with Crippen molar-refractivity contribution < 1.29 is 14.6 Å². The van der Waals surface area contributed by atoms with Gasteiger partial charge < -0.3 is 9.84 Å². The molecule has 1 aliphatic heterocycles. The van der Waals surface area contributed by atoms with Crippen LogP contribution >= 0.6 is 0 Å². The Bertz CT molecular complexity index is 416. The van der Waals surface area contributed by atoms with Crippen LogP contribution < -0.4 is 0 Å². The monoisotopic (exact) mass is 263 g/mol. The van der Waals surface area contributed by atoms with E-state index in [-0.39, 0.29) is 6.42 Å². The standard InChI is InChI=1S/C15H21NO3/c1-19-11-14-6-7-16(10-14)9-13-4-2-12(3-5-13)8-15(17)18/h2-5,14H,6-11H2,1H3,(H,17,18). The molecule has 4 heteroatoms. The van der Waals surface area contributed by atoms with Gasteiger partial charge in [0.05, 0.1) is 13.0 Å². The molecule has 1 fully saturated rings. The maximum Gasteiger partial charge on any atom is 0.307 e. The van der Waals surface area contributed by atoms with Gasteiger partial charge in [-0.15, -0.1) is 0 Å². The number of hydrogen-bond acceptors (Lipinski definition) is 3. The molecule has 0 amide bonds. The van der Waals surface area contributed by atoms with Crippen molar-refractivity contribution >= 4 is 5.97 Å².